The highest BCUT2D eigenvalue weighted by Gasteiger charge is 2.33. The molecule has 0 saturated carbocycles. The molecule has 11 heteroatoms. The van der Waals surface area contributed by atoms with E-state index in [2.05, 4.69) is 20.9 Å². The predicted molar refractivity (Wildman–Crippen MR) is 160 cm³/mol. The van der Waals surface area contributed by atoms with Crippen LogP contribution >= 0.6 is 0 Å². The summed E-state index contributed by atoms with van der Waals surface area (Å²) in [6, 6.07) is 9.57. The number of aromatic hydroxyl groups is 1. The highest BCUT2D eigenvalue weighted by Crippen LogP contribution is 2.19. The number of hydrogen-bond donors (Lipinski definition) is 7. The van der Waals surface area contributed by atoms with E-state index in [0.29, 0.717) is 12.0 Å². The Hall–Kier alpha value is -4.38. The van der Waals surface area contributed by atoms with Gasteiger partial charge in [0.05, 0.1) is 6.04 Å². The lowest BCUT2D eigenvalue weighted by Gasteiger charge is -2.28. The molecule has 3 aromatic rings. The number of rotatable bonds is 14. The van der Waals surface area contributed by atoms with Crippen LogP contribution in [-0.4, -0.2) is 63.1 Å². The number of phenolic OH excluding ortho intramolecular Hbond substituents is 1. The van der Waals surface area contributed by atoms with Crippen LogP contribution in [-0.2, 0) is 32.0 Å². The summed E-state index contributed by atoms with van der Waals surface area (Å²) in [6.45, 7) is 7.02. The molecule has 3 amide bonds. The molecule has 1 aromatic heterocycles. The molecule has 0 aliphatic carbocycles. The number of H-pyrrole nitrogens is 1. The van der Waals surface area contributed by atoms with E-state index in [1.807, 2.05) is 44.3 Å². The summed E-state index contributed by atoms with van der Waals surface area (Å²) in [4.78, 5) is 55.0. The van der Waals surface area contributed by atoms with Crippen LogP contribution in [0, 0.1) is 11.8 Å². The first kappa shape index (κ1) is 32.1. The minimum Gasteiger partial charge on any atom is -0.508 e. The predicted octanol–water partition coefficient (Wildman–Crippen LogP) is 2.23. The summed E-state index contributed by atoms with van der Waals surface area (Å²) in [5.74, 6) is -3.63. The maximum atomic E-state index is 13.6. The number of phenols is 1. The molecule has 5 unspecified atom stereocenters. The second-order valence-corrected chi connectivity index (χ2v) is 11.0. The van der Waals surface area contributed by atoms with Gasteiger partial charge in [0.15, 0.2) is 0 Å². The average Bonchev–Trinajstić information content (AvgIpc) is 3.36. The summed E-state index contributed by atoms with van der Waals surface area (Å²) in [6.07, 6.45) is 2.65. The molecule has 0 spiro atoms. The van der Waals surface area contributed by atoms with Gasteiger partial charge in [-0.2, -0.15) is 0 Å². The summed E-state index contributed by atoms with van der Waals surface area (Å²) in [5.41, 5.74) is 8.71. The van der Waals surface area contributed by atoms with Crippen LogP contribution in [0.25, 0.3) is 10.9 Å². The van der Waals surface area contributed by atoms with Crippen LogP contribution in [0.5, 0.6) is 5.75 Å². The highest BCUT2D eigenvalue weighted by atomic mass is 16.4. The van der Waals surface area contributed by atoms with Crippen molar-refractivity contribution in [2.75, 3.05) is 0 Å². The van der Waals surface area contributed by atoms with Gasteiger partial charge in [-0.15, -0.1) is 0 Å². The Morgan fingerprint density at radius 1 is 0.857 bits per heavy atom. The van der Waals surface area contributed by atoms with E-state index in [9.17, 15) is 29.4 Å². The number of carboxylic acid groups (broad SMARTS) is 1. The number of para-hydroxylation sites is 1. The van der Waals surface area contributed by atoms with Gasteiger partial charge in [0.25, 0.3) is 0 Å². The Morgan fingerprint density at radius 3 is 2.12 bits per heavy atom. The highest BCUT2D eigenvalue weighted by molar-refractivity contribution is 5.94. The van der Waals surface area contributed by atoms with E-state index >= 15 is 0 Å². The Balaban J connectivity index is 1.78. The Kier molecular flexibility index (Phi) is 11.1. The molecular formula is C31H41N5O6. The second kappa shape index (κ2) is 14.5. The number of fused-ring (bicyclic) bond motifs is 1. The monoisotopic (exact) mass is 579 g/mol. The third kappa shape index (κ3) is 8.32. The fraction of sp³-hybridized carbons (Fsp3) is 0.419. The average molecular weight is 580 g/mol. The zero-order valence-electron chi connectivity index (χ0n) is 24.4. The maximum absolute atomic E-state index is 13.6. The molecule has 0 radical (unpaired) electrons. The molecule has 0 aliphatic heterocycles. The van der Waals surface area contributed by atoms with E-state index in [4.69, 9.17) is 5.73 Å². The number of carbonyl (C=O) groups excluding carboxylic acids is 3. The van der Waals surface area contributed by atoms with Crippen molar-refractivity contribution in [3.05, 3.63) is 65.9 Å². The molecule has 0 saturated heterocycles. The van der Waals surface area contributed by atoms with Gasteiger partial charge in [0.2, 0.25) is 17.7 Å². The molecule has 42 heavy (non-hydrogen) atoms. The Bertz CT molecular complexity index is 1390. The number of amides is 3. The molecule has 0 fully saturated rings. The Labute approximate surface area is 245 Å². The molecule has 11 nitrogen and oxygen atoms in total. The summed E-state index contributed by atoms with van der Waals surface area (Å²) >= 11 is 0. The lowest BCUT2D eigenvalue weighted by atomic mass is 9.96. The van der Waals surface area contributed by atoms with E-state index in [-0.39, 0.29) is 24.5 Å². The van der Waals surface area contributed by atoms with Crippen molar-refractivity contribution in [1.29, 1.82) is 0 Å². The van der Waals surface area contributed by atoms with Gasteiger partial charge in [0.1, 0.15) is 23.9 Å². The standard InChI is InChI=1S/C31H41N5O6/c1-5-18(4)27(36-28(38)23(32)15-20-16-33-24-9-7-6-8-22(20)24)30(40)34-25(14-19-10-12-21(37)13-11-19)29(39)35-26(17(2)3)31(41)42/h6-13,16-18,23,25-27,33,37H,5,14-15,32H2,1-4H3,(H,34,40)(H,35,39)(H,36,38)(H,41,42). The molecule has 2 aromatic carbocycles. The van der Waals surface area contributed by atoms with Crippen LogP contribution in [0.2, 0.25) is 0 Å². The van der Waals surface area contributed by atoms with E-state index in [0.717, 1.165) is 16.5 Å². The van der Waals surface area contributed by atoms with Gasteiger partial charge in [-0.3, -0.25) is 14.4 Å². The number of carboxylic acids is 1. The van der Waals surface area contributed by atoms with Crippen LogP contribution in [0.15, 0.2) is 54.7 Å². The number of nitrogens with one attached hydrogen (secondary N) is 4. The molecule has 8 N–H and O–H groups in total. The van der Waals surface area contributed by atoms with Gasteiger partial charge >= 0.3 is 5.97 Å². The number of hydrogen-bond acceptors (Lipinski definition) is 6. The van der Waals surface area contributed by atoms with Crippen molar-refractivity contribution >= 4 is 34.6 Å². The van der Waals surface area contributed by atoms with Gasteiger partial charge in [-0.25, -0.2) is 4.79 Å². The molecule has 1 heterocycles. The molecule has 3 rings (SSSR count). The van der Waals surface area contributed by atoms with E-state index < -0.39 is 53.8 Å². The van der Waals surface area contributed by atoms with Crippen molar-refractivity contribution in [1.82, 2.24) is 20.9 Å². The van der Waals surface area contributed by atoms with E-state index in [1.165, 1.54) is 12.1 Å². The first-order valence-corrected chi connectivity index (χ1v) is 14.1. The quantitative estimate of drug-likeness (QED) is 0.152. The Morgan fingerprint density at radius 2 is 1.50 bits per heavy atom. The summed E-state index contributed by atoms with van der Waals surface area (Å²) < 4.78 is 0. The lowest BCUT2D eigenvalue weighted by Crippen LogP contribution is -2.59. The normalized spacial score (nSPS) is 14.9. The van der Waals surface area contributed by atoms with Gasteiger partial charge < -0.3 is 36.9 Å². The zero-order chi connectivity index (χ0) is 31.0. The minimum atomic E-state index is -1.19. The lowest BCUT2D eigenvalue weighted by molar-refractivity contribution is -0.143. The SMILES string of the molecule is CCC(C)C(NC(=O)C(N)Cc1c[nH]c2ccccc12)C(=O)NC(Cc1ccc(O)cc1)C(=O)NC(C(=O)O)C(C)C. The molecule has 226 valence electrons. The zero-order valence-corrected chi connectivity index (χ0v) is 24.4. The molecule has 0 bridgehead atoms. The summed E-state index contributed by atoms with van der Waals surface area (Å²) in [7, 11) is 0. The van der Waals surface area contributed by atoms with Crippen molar-refractivity contribution < 1.29 is 29.4 Å². The van der Waals surface area contributed by atoms with Gasteiger partial charge in [-0.1, -0.05) is 64.4 Å². The van der Waals surface area contributed by atoms with Crippen molar-refractivity contribution in [3.63, 3.8) is 0 Å². The third-order valence-corrected chi connectivity index (χ3v) is 7.48. The number of aromatic amines is 1. The first-order chi connectivity index (χ1) is 19.9. The first-order valence-electron chi connectivity index (χ1n) is 14.1. The fourth-order valence-electron chi connectivity index (χ4n) is 4.70. The molecule has 5 atom stereocenters. The molecular weight excluding hydrogens is 538 g/mol. The van der Waals surface area contributed by atoms with E-state index in [1.54, 1.807) is 26.0 Å². The van der Waals surface area contributed by atoms with Crippen LogP contribution in [0.4, 0.5) is 0 Å². The maximum Gasteiger partial charge on any atom is 0.326 e. The topological polar surface area (TPSA) is 187 Å². The van der Waals surface area contributed by atoms with Crippen LogP contribution in [0.3, 0.4) is 0 Å². The van der Waals surface area contributed by atoms with Crippen LogP contribution in [0.1, 0.15) is 45.2 Å². The number of aromatic nitrogens is 1. The number of nitrogens with two attached hydrogens (primary N) is 1. The number of benzene rings is 2. The second-order valence-electron chi connectivity index (χ2n) is 11.0. The van der Waals surface area contributed by atoms with Crippen molar-refractivity contribution in [3.8, 4) is 5.75 Å². The number of carbonyl (C=O) groups is 4. The minimum absolute atomic E-state index is 0.0313. The molecule has 0 aliphatic rings. The fourth-order valence-corrected chi connectivity index (χ4v) is 4.70. The number of aliphatic carboxylic acids is 1. The van der Waals surface area contributed by atoms with Gasteiger partial charge in [0, 0.05) is 23.5 Å². The van der Waals surface area contributed by atoms with Crippen molar-refractivity contribution in [2.45, 2.75) is 71.1 Å². The largest absolute Gasteiger partial charge is 0.508 e. The van der Waals surface area contributed by atoms with Crippen molar-refractivity contribution in [2.24, 2.45) is 17.6 Å². The third-order valence-electron chi connectivity index (χ3n) is 7.48. The smallest absolute Gasteiger partial charge is 0.326 e. The summed E-state index contributed by atoms with van der Waals surface area (Å²) in [5, 5.41) is 28.2. The van der Waals surface area contributed by atoms with Gasteiger partial charge in [-0.05, 0) is 47.6 Å². The van der Waals surface area contributed by atoms with Crippen LogP contribution < -0.4 is 21.7 Å².